The van der Waals surface area contributed by atoms with E-state index in [0.717, 1.165) is 6.29 Å². The topological polar surface area (TPSA) is 66.4 Å². The molecular weight excluding hydrogens is 244 g/mol. The minimum absolute atomic E-state index is 0.00252. The Hall–Kier alpha value is -1.20. The van der Waals surface area contributed by atoms with Crippen molar-refractivity contribution in [1.82, 2.24) is 5.32 Å². The van der Waals surface area contributed by atoms with Crippen LogP contribution in [0.15, 0.2) is 0 Å². The summed E-state index contributed by atoms with van der Waals surface area (Å²) in [5, 5.41) is 10.8. The van der Waals surface area contributed by atoms with Gasteiger partial charge in [-0.15, -0.1) is 0 Å². The molecule has 0 aliphatic heterocycles. The summed E-state index contributed by atoms with van der Waals surface area (Å²) in [7, 11) is 0. The molecule has 2 rings (SSSR count). The van der Waals surface area contributed by atoms with Crippen molar-refractivity contribution in [3.05, 3.63) is 0 Å². The smallest absolute Gasteiger partial charge is 0.404 e. The Bertz CT molecular complexity index is 348. The number of halogens is 2. The second-order valence-electron chi connectivity index (χ2n) is 5.42. The number of fused-ring (bicyclic) bond motifs is 1. The molecule has 0 saturated heterocycles. The van der Waals surface area contributed by atoms with E-state index in [2.05, 4.69) is 5.32 Å². The quantitative estimate of drug-likeness (QED) is 0.765. The van der Waals surface area contributed by atoms with E-state index < -0.39 is 12.0 Å². The van der Waals surface area contributed by atoms with Gasteiger partial charge in [0.05, 0.1) is 0 Å². The lowest BCUT2D eigenvalue weighted by molar-refractivity contribution is -0.115. The molecular formula is C12H17F2NO3. The van der Waals surface area contributed by atoms with Gasteiger partial charge in [-0.25, -0.2) is 13.6 Å². The van der Waals surface area contributed by atoms with Gasteiger partial charge in [0.25, 0.3) is 0 Å². The number of aldehydes is 1. The van der Waals surface area contributed by atoms with E-state index in [0.29, 0.717) is 12.8 Å². The molecule has 6 heteroatoms. The monoisotopic (exact) mass is 261 g/mol. The highest BCUT2D eigenvalue weighted by Gasteiger charge is 2.50. The molecule has 0 aromatic carbocycles. The highest BCUT2D eigenvalue weighted by atomic mass is 19.3. The molecule has 2 aliphatic rings. The van der Waals surface area contributed by atoms with Crippen molar-refractivity contribution in [3.8, 4) is 0 Å². The van der Waals surface area contributed by atoms with Crippen molar-refractivity contribution >= 4 is 12.4 Å². The van der Waals surface area contributed by atoms with Crippen LogP contribution in [0.3, 0.4) is 0 Å². The third-order valence-corrected chi connectivity index (χ3v) is 4.33. The second kappa shape index (κ2) is 4.82. The number of carboxylic acid groups (broad SMARTS) is 1. The molecule has 4 nitrogen and oxygen atoms in total. The van der Waals surface area contributed by atoms with Crippen molar-refractivity contribution in [3.63, 3.8) is 0 Å². The van der Waals surface area contributed by atoms with Crippen LogP contribution in [-0.2, 0) is 4.79 Å². The van der Waals surface area contributed by atoms with Crippen molar-refractivity contribution in [2.24, 2.45) is 23.7 Å². The molecule has 2 N–H and O–H groups in total. The van der Waals surface area contributed by atoms with Gasteiger partial charge in [-0.05, 0) is 30.6 Å². The van der Waals surface area contributed by atoms with E-state index in [-0.39, 0.29) is 43.1 Å². The normalized spacial score (nSPS) is 37.9. The Balaban J connectivity index is 2.02. The first kappa shape index (κ1) is 13.2. The molecule has 1 unspecified atom stereocenters. The van der Waals surface area contributed by atoms with Crippen LogP contribution in [0.5, 0.6) is 0 Å². The van der Waals surface area contributed by atoms with E-state index in [1.807, 2.05) is 0 Å². The van der Waals surface area contributed by atoms with Crippen LogP contribution in [0.1, 0.15) is 25.7 Å². The second-order valence-corrected chi connectivity index (χ2v) is 5.42. The average molecular weight is 261 g/mol. The van der Waals surface area contributed by atoms with Crippen LogP contribution in [0.2, 0.25) is 0 Å². The average Bonchev–Trinajstić information content (AvgIpc) is 2.61. The largest absolute Gasteiger partial charge is 0.465 e. The molecule has 18 heavy (non-hydrogen) atoms. The zero-order chi connectivity index (χ0) is 13.3. The lowest BCUT2D eigenvalue weighted by Gasteiger charge is -2.32. The van der Waals surface area contributed by atoms with Gasteiger partial charge in [0.15, 0.2) is 0 Å². The first-order valence-electron chi connectivity index (χ1n) is 6.23. The fraction of sp³-hybridized carbons (Fsp3) is 0.833. The Labute approximate surface area is 104 Å². The van der Waals surface area contributed by atoms with Gasteiger partial charge >= 0.3 is 6.09 Å². The summed E-state index contributed by atoms with van der Waals surface area (Å²) >= 11 is 0. The number of nitrogens with one attached hydrogen (secondary N) is 1. The van der Waals surface area contributed by atoms with Crippen LogP contribution in [0, 0.1) is 23.7 Å². The van der Waals surface area contributed by atoms with E-state index in [4.69, 9.17) is 5.11 Å². The Morgan fingerprint density at radius 1 is 1.50 bits per heavy atom. The van der Waals surface area contributed by atoms with Crippen molar-refractivity contribution in [2.75, 3.05) is 6.54 Å². The number of carbonyl (C=O) groups is 2. The van der Waals surface area contributed by atoms with Crippen molar-refractivity contribution in [1.29, 1.82) is 0 Å². The maximum absolute atomic E-state index is 13.3. The zero-order valence-corrected chi connectivity index (χ0v) is 9.94. The van der Waals surface area contributed by atoms with Crippen LogP contribution in [0.25, 0.3) is 0 Å². The molecule has 0 heterocycles. The molecule has 1 amide bonds. The SMILES string of the molecule is O=C[C@@H]1C(CNC(=O)O)C[C@@H]2CC(F)(F)CC[C@H]21. The maximum Gasteiger partial charge on any atom is 0.404 e. The van der Waals surface area contributed by atoms with Crippen LogP contribution in [-0.4, -0.2) is 30.0 Å². The highest BCUT2D eigenvalue weighted by molar-refractivity contribution is 5.64. The summed E-state index contributed by atoms with van der Waals surface area (Å²) < 4.78 is 26.6. The number of amides is 1. The fourth-order valence-electron chi connectivity index (χ4n) is 3.56. The summed E-state index contributed by atoms with van der Waals surface area (Å²) in [6, 6.07) is 0. The van der Waals surface area contributed by atoms with E-state index in [9.17, 15) is 18.4 Å². The zero-order valence-electron chi connectivity index (χ0n) is 9.94. The first-order chi connectivity index (χ1) is 8.43. The molecule has 0 aromatic rings. The highest BCUT2D eigenvalue weighted by Crippen LogP contribution is 2.52. The van der Waals surface area contributed by atoms with Gasteiger partial charge in [-0.2, -0.15) is 0 Å². The van der Waals surface area contributed by atoms with Gasteiger partial charge < -0.3 is 15.2 Å². The molecule has 2 saturated carbocycles. The van der Waals surface area contributed by atoms with Gasteiger partial charge in [-0.3, -0.25) is 0 Å². The van der Waals surface area contributed by atoms with E-state index in [1.165, 1.54) is 0 Å². The van der Waals surface area contributed by atoms with Gasteiger partial charge in [0, 0.05) is 25.3 Å². The Kier molecular flexibility index (Phi) is 3.54. The molecule has 0 aromatic heterocycles. The number of alkyl halides is 2. The summed E-state index contributed by atoms with van der Waals surface area (Å²) in [6.45, 7) is 0.178. The molecule has 4 atom stereocenters. The standard InChI is InChI=1S/C12H17F2NO3/c13-12(14)2-1-9-7(4-12)3-8(10(9)6-16)5-15-11(17)18/h6-10,15H,1-5H2,(H,17,18)/t7-,8?,9-,10-/m1/s1. The molecule has 0 radical (unpaired) electrons. The number of carbonyl (C=O) groups excluding carboxylic acids is 1. The van der Waals surface area contributed by atoms with Gasteiger partial charge in [-0.1, -0.05) is 0 Å². The molecule has 0 bridgehead atoms. The molecule has 0 spiro atoms. The fourth-order valence-corrected chi connectivity index (χ4v) is 3.56. The Morgan fingerprint density at radius 3 is 2.83 bits per heavy atom. The third kappa shape index (κ3) is 2.62. The van der Waals surface area contributed by atoms with Crippen molar-refractivity contribution in [2.45, 2.75) is 31.6 Å². The van der Waals surface area contributed by atoms with E-state index in [1.54, 1.807) is 0 Å². The Morgan fingerprint density at radius 2 is 2.22 bits per heavy atom. The minimum Gasteiger partial charge on any atom is -0.465 e. The molecule has 2 fully saturated rings. The van der Waals surface area contributed by atoms with Crippen LogP contribution in [0.4, 0.5) is 13.6 Å². The van der Waals surface area contributed by atoms with Crippen molar-refractivity contribution < 1.29 is 23.5 Å². The lowest BCUT2D eigenvalue weighted by atomic mass is 9.76. The van der Waals surface area contributed by atoms with Gasteiger partial charge in [0.2, 0.25) is 5.92 Å². The van der Waals surface area contributed by atoms with E-state index >= 15 is 0 Å². The summed E-state index contributed by atoms with van der Waals surface area (Å²) in [6.07, 6.45) is 0.250. The van der Waals surface area contributed by atoms with Crippen LogP contribution < -0.4 is 5.32 Å². The first-order valence-corrected chi connectivity index (χ1v) is 6.23. The van der Waals surface area contributed by atoms with Gasteiger partial charge in [0.1, 0.15) is 6.29 Å². The maximum atomic E-state index is 13.3. The van der Waals surface area contributed by atoms with Crippen LogP contribution >= 0.6 is 0 Å². The molecule has 2 aliphatic carbocycles. The predicted molar refractivity (Wildman–Crippen MR) is 59.5 cm³/mol. The third-order valence-electron chi connectivity index (χ3n) is 4.33. The predicted octanol–water partition coefficient (Wildman–Crippen LogP) is 2.14. The summed E-state index contributed by atoms with van der Waals surface area (Å²) in [4.78, 5) is 21.6. The number of rotatable bonds is 3. The number of hydrogen-bond acceptors (Lipinski definition) is 2. The number of hydrogen-bond donors (Lipinski definition) is 2. The molecule has 102 valence electrons. The summed E-state index contributed by atoms with van der Waals surface area (Å²) in [5.74, 6) is -3.18. The summed E-state index contributed by atoms with van der Waals surface area (Å²) in [5.41, 5.74) is 0. The lowest BCUT2D eigenvalue weighted by Crippen LogP contribution is -2.33. The minimum atomic E-state index is -2.62.